The maximum atomic E-state index is 9.13. The summed E-state index contributed by atoms with van der Waals surface area (Å²) in [5.41, 5.74) is 8.92. The SMILES string of the molecule is Cc1cc(-c2nnn(CCCO)n2)ccc1C1CC(Cc2ccccc2)CCc2cc(OCc3ccccc3)ccc21. The van der Waals surface area contributed by atoms with Crippen LogP contribution >= 0.6 is 0 Å². The van der Waals surface area contributed by atoms with Crippen molar-refractivity contribution in [2.24, 2.45) is 5.92 Å². The molecule has 2 atom stereocenters. The summed E-state index contributed by atoms with van der Waals surface area (Å²) < 4.78 is 6.24. The Bertz CT molecular complexity index is 1600. The molecule has 1 aromatic heterocycles. The van der Waals surface area contributed by atoms with Gasteiger partial charge in [-0.1, -0.05) is 78.9 Å². The van der Waals surface area contributed by atoms with Crippen LogP contribution in [0.4, 0.5) is 0 Å². The van der Waals surface area contributed by atoms with Crippen LogP contribution < -0.4 is 4.74 Å². The third-order valence-corrected chi connectivity index (χ3v) is 8.37. The number of aromatic nitrogens is 4. The Morgan fingerprint density at radius 3 is 2.40 bits per heavy atom. The van der Waals surface area contributed by atoms with Gasteiger partial charge in [0.25, 0.3) is 0 Å². The molecule has 0 spiro atoms. The topological polar surface area (TPSA) is 73.1 Å². The number of fused-ring (bicyclic) bond motifs is 1. The largest absolute Gasteiger partial charge is 0.489 e. The van der Waals surface area contributed by atoms with Crippen molar-refractivity contribution in [1.29, 1.82) is 0 Å². The van der Waals surface area contributed by atoms with E-state index in [1.165, 1.54) is 33.4 Å². The van der Waals surface area contributed by atoms with Crippen LogP contribution in [0.5, 0.6) is 5.75 Å². The molecule has 0 bridgehead atoms. The van der Waals surface area contributed by atoms with Crippen molar-refractivity contribution < 1.29 is 9.84 Å². The Morgan fingerprint density at radius 1 is 0.881 bits per heavy atom. The lowest BCUT2D eigenvalue weighted by atomic mass is 9.80. The minimum atomic E-state index is 0.111. The number of rotatable bonds is 10. The zero-order valence-corrected chi connectivity index (χ0v) is 24.2. The van der Waals surface area contributed by atoms with Gasteiger partial charge >= 0.3 is 0 Å². The molecule has 6 rings (SSSR count). The highest BCUT2D eigenvalue weighted by molar-refractivity contribution is 5.58. The highest BCUT2D eigenvalue weighted by atomic mass is 16.5. The summed E-state index contributed by atoms with van der Waals surface area (Å²) >= 11 is 0. The van der Waals surface area contributed by atoms with E-state index in [4.69, 9.17) is 9.84 Å². The first-order valence-corrected chi connectivity index (χ1v) is 15.0. The molecule has 1 N–H and O–H groups in total. The molecule has 0 aliphatic heterocycles. The fraction of sp³-hybridized carbons (Fsp3) is 0.306. The normalized spacial score (nSPS) is 16.5. The van der Waals surface area contributed by atoms with E-state index in [-0.39, 0.29) is 6.61 Å². The Labute approximate surface area is 248 Å². The van der Waals surface area contributed by atoms with Gasteiger partial charge in [-0.3, -0.25) is 0 Å². The molecule has 1 heterocycles. The number of aliphatic hydroxyl groups excluding tert-OH is 1. The number of benzene rings is 4. The zero-order chi connectivity index (χ0) is 28.7. The molecule has 4 aromatic carbocycles. The van der Waals surface area contributed by atoms with Crippen molar-refractivity contribution in [1.82, 2.24) is 20.2 Å². The highest BCUT2D eigenvalue weighted by Gasteiger charge is 2.28. The van der Waals surface area contributed by atoms with Gasteiger partial charge in [0.1, 0.15) is 12.4 Å². The molecule has 2 unspecified atom stereocenters. The third-order valence-electron chi connectivity index (χ3n) is 8.37. The Hall–Kier alpha value is -4.29. The van der Waals surface area contributed by atoms with Gasteiger partial charge in [0, 0.05) is 18.1 Å². The van der Waals surface area contributed by atoms with E-state index in [0.29, 0.717) is 37.2 Å². The molecule has 214 valence electrons. The van der Waals surface area contributed by atoms with Gasteiger partial charge < -0.3 is 9.84 Å². The summed E-state index contributed by atoms with van der Waals surface area (Å²) in [7, 11) is 0. The molecule has 5 aromatic rings. The van der Waals surface area contributed by atoms with Crippen LogP contribution in [0.15, 0.2) is 97.1 Å². The first kappa shape index (κ1) is 27.9. The van der Waals surface area contributed by atoms with Crippen molar-refractivity contribution >= 4 is 0 Å². The number of hydrogen-bond acceptors (Lipinski definition) is 5. The maximum Gasteiger partial charge on any atom is 0.204 e. The lowest BCUT2D eigenvalue weighted by molar-refractivity contribution is 0.272. The molecule has 42 heavy (non-hydrogen) atoms. The minimum absolute atomic E-state index is 0.111. The lowest BCUT2D eigenvalue weighted by Crippen LogP contribution is -2.11. The van der Waals surface area contributed by atoms with Crippen LogP contribution in [0, 0.1) is 12.8 Å². The van der Waals surface area contributed by atoms with E-state index in [1.807, 2.05) is 6.07 Å². The second-order valence-electron chi connectivity index (χ2n) is 11.4. The van der Waals surface area contributed by atoms with Crippen LogP contribution in [-0.2, 0) is 26.0 Å². The number of nitrogens with zero attached hydrogens (tertiary/aromatic N) is 4. The van der Waals surface area contributed by atoms with E-state index in [9.17, 15) is 0 Å². The second-order valence-corrected chi connectivity index (χ2v) is 11.4. The summed E-state index contributed by atoms with van der Waals surface area (Å²) in [6, 6.07) is 34.5. The molecule has 1 aliphatic rings. The molecule has 6 heteroatoms. The quantitative estimate of drug-likeness (QED) is 0.188. The molecule has 0 radical (unpaired) electrons. The fourth-order valence-electron chi connectivity index (χ4n) is 6.21. The van der Waals surface area contributed by atoms with Crippen LogP contribution in [0.25, 0.3) is 11.4 Å². The summed E-state index contributed by atoms with van der Waals surface area (Å²) in [6.45, 7) is 3.43. The van der Waals surface area contributed by atoms with E-state index in [1.54, 1.807) is 4.80 Å². The first-order valence-electron chi connectivity index (χ1n) is 15.0. The third kappa shape index (κ3) is 6.60. The van der Waals surface area contributed by atoms with E-state index in [2.05, 4.69) is 113 Å². The van der Waals surface area contributed by atoms with Crippen LogP contribution in [-0.4, -0.2) is 31.9 Å². The van der Waals surface area contributed by atoms with Crippen molar-refractivity contribution in [3.8, 4) is 17.1 Å². The van der Waals surface area contributed by atoms with Crippen LogP contribution in [0.3, 0.4) is 0 Å². The first-order chi connectivity index (χ1) is 20.7. The van der Waals surface area contributed by atoms with Crippen molar-refractivity contribution in [3.63, 3.8) is 0 Å². The van der Waals surface area contributed by atoms with E-state index >= 15 is 0 Å². The van der Waals surface area contributed by atoms with Crippen molar-refractivity contribution in [3.05, 3.63) is 130 Å². The lowest BCUT2D eigenvalue weighted by Gasteiger charge is -2.24. The molecule has 1 aliphatic carbocycles. The predicted octanol–water partition coefficient (Wildman–Crippen LogP) is 6.94. The van der Waals surface area contributed by atoms with Gasteiger partial charge in [0.2, 0.25) is 5.82 Å². The van der Waals surface area contributed by atoms with Crippen LogP contribution in [0.1, 0.15) is 58.6 Å². The van der Waals surface area contributed by atoms with Gasteiger partial charge in [-0.2, -0.15) is 4.80 Å². The summed E-state index contributed by atoms with van der Waals surface area (Å²) in [4.78, 5) is 1.56. The van der Waals surface area contributed by atoms with Gasteiger partial charge in [-0.15, -0.1) is 10.2 Å². The zero-order valence-electron chi connectivity index (χ0n) is 24.2. The summed E-state index contributed by atoms with van der Waals surface area (Å²) in [5.74, 6) is 2.42. The van der Waals surface area contributed by atoms with Crippen LogP contribution in [0.2, 0.25) is 0 Å². The van der Waals surface area contributed by atoms with Gasteiger partial charge in [0.05, 0.1) is 6.54 Å². The number of hydrogen-bond donors (Lipinski definition) is 1. The summed E-state index contributed by atoms with van der Waals surface area (Å²) in [6.07, 6.45) is 4.99. The monoisotopic (exact) mass is 558 g/mol. The number of aliphatic hydroxyl groups is 1. The molecular weight excluding hydrogens is 520 g/mol. The van der Waals surface area contributed by atoms with E-state index in [0.717, 1.165) is 37.0 Å². The number of ether oxygens (including phenoxy) is 1. The average molecular weight is 559 g/mol. The average Bonchev–Trinajstić information content (AvgIpc) is 3.43. The number of aryl methyl sites for hydroxylation is 3. The molecule has 0 saturated carbocycles. The summed E-state index contributed by atoms with van der Waals surface area (Å²) in [5, 5.41) is 22.1. The van der Waals surface area contributed by atoms with Crippen molar-refractivity contribution in [2.45, 2.75) is 58.1 Å². The molecule has 0 fully saturated rings. The number of tetrazole rings is 1. The highest BCUT2D eigenvalue weighted by Crippen LogP contribution is 2.42. The minimum Gasteiger partial charge on any atom is -0.489 e. The Balaban J connectivity index is 1.29. The molecular formula is C36H38N4O2. The second kappa shape index (κ2) is 13.1. The van der Waals surface area contributed by atoms with Gasteiger partial charge in [-0.25, -0.2) is 0 Å². The molecule has 0 amide bonds. The standard InChI is InChI=1S/C36H38N4O2/c1-26-21-31(36-37-39-40(38-36)19-8-20-41)15-17-33(26)35-23-29(22-27-9-4-2-5-10-27)13-14-30-24-32(16-18-34(30)35)42-25-28-11-6-3-7-12-28/h2-7,9-12,15-18,21,24,29,35,41H,8,13-14,19-20,22-23,25H2,1H3. The van der Waals surface area contributed by atoms with E-state index < -0.39 is 0 Å². The smallest absolute Gasteiger partial charge is 0.204 e. The predicted molar refractivity (Wildman–Crippen MR) is 165 cm³/mol. The van der Waals surface area contributed by atoms with Gasteiger partial charge in [0.15, 0.2) is 0 Å². The van der Waals surface area contributed by atoms with Gasteiger partial charge in [-0.05, 0) is 102 Å². The molecule has 6 nitrogen and oxygen atoms in total. The maximum absolute atomic E-state index is 9.13. The Kier molecular flexibility index (Phi) is 8.71. The fourth-order valence-corrected chi connectivity index (χ4v) is 6.21. The Morgan fingerprint density at radius 2 is 1.64 bits per heavy atom. The van der Waals surface area contributed by atoms with Crippen molar-refractivity contribution in [2.75, 3.05) is 6.61 Å². The molecule has 0 saturated heterocycles.